The van der Waals surface area contributed by atoms with Crippen LogP contribution in [0.5, 0.6) is 0 Å². The van der Waals surface area contributed by atoms with Crippen LogP contribution in [0, 0.1) is 45.3 Å². The number of benzene rings is 1. The van der Waals surface area contributed by atoms with Gasteiger partial charge in [0.25, 0.3) is 11.2 Å². The van der Waals surface area contributed by atoms with Crippen molar-refractivity contribution in [3.63, 3.8) is 0 Å². The van der Waals surface area contributed by atoms with E-state index in [1.165, 1.54) is 11.8 Å². The zero-order valence-corrected chi connectivity index (χ0v) is 10.9. The number of rotatable bonds is 0. The topological polar surface area (TPSA) is 104 Å². The van der Waals surface area contributed by atoms with Crippen molar-refractivity contribution in [2.75, 3.05) is 0 Å². The number of hydrogen-bond acceptors (Lipinski definition) is 6. The maximum Gasteiger partial charge on any atom is 0.256 e. The van der Waals surface area contributed by atoms with Gasteiger partial charge in [0.1, 0.15) is 24.3 Å². The summed E-state index contributed by atoms with van der Waals surface area (Å²) in [6, 6.07) is 14.7. The van der Waals surface area contributed by atoms with Crippen LogP contribution in [0.2, 0.25) is 0 Å². The van der Waals surface area contributed by atoms with E-state index < -0.39 is 22.4 Å². The van der Waals surface area contributed by atoms with Crippen LogP contribution in [-0.4, -0.2) is 16.5 Å². The van der Waals surface area contributed by atoms with E-state index in [0.29, 0.717) is 0 Å². The summed E-state index contributed by atoms with van der Waals surface area (Å²) in [6.07, 6.45) is 0. The van der Waals surface area contributed by atoms with Crippen LogP contribution in [0.25, 0.3) is 0 Å². The predicted octanol–water partition coefficient (Wildman–Crippen LogP) is 1.85. The molecule has 0 aromatic heterocycles. The van der Waals surface area contributed by atoms with Gasteiger partial charge in [0.2, 0.25) is 0 Å². The van der Waals surface area contributed by atoms with Gasteiger partial charge in [-0.15, -0.1) is 11.8 Å². The molecule has 0 saturated carbocycles. The van der Waals surface area contributed by atoms with Gasteiger partial charge in [0.15, 0.2) is 0 Å². The molecule has 0 amide bonds. The Morgan fingerprint density at radius 2 is 1.55 bits per heavy atom. The highest BCUT2D eigenvalue weighted by Gasteiger charge is 2.68. The average molecular weight is 278 g/mol. The minimum Gasteiger partial charge on any atom is -0.311 e. The van der Waals surface area contributed by atoms with Crippen molar-refractivity contribution in [2.24, 2.45) is 0 Å². The fourth-order valence-corrected chi connectivity index (χ4v) is 4.30. The standard InChI is InChI=1S/C14H6N4OS/c15-5-13(6-16)11-9-3-1-2-4-10(9)20-12(11)14(7-17,8-18)19-13/h1-4,11-12H/t11-,12-/m1/s1. The molecule has 0 bridgehead atoms. The summed E-state index contributed by atoms with van der Waals surface area (Å²) in [5.74, 6) is -0.599. The minimum absolute atomic E-state index is 0.575. The summed E-state index contributed by atoms with van der Waals surface area (Å²) in [5.41, 5.74) is -2.78. The molecule has 0 N–H and O–H groups in total. The van der Waals surface area contributed by atoms with Crippen LogP contribution in [0.1, 0.15) is 11.5 Å². The van der Waals surface area contributed by atoms with Crippen LogP contribution in [-0.2, 0) is 4.74 Å². The van der Waals surface area contributed by atoms with E-state index in [2.05, 4.69) is 0 Å². The normalized spacial score (nSPS) is 27.2. The lowest BCUT2D eigenvalue weighted by Crippen LogP contribution is -2.35. The molecule has 1 fully saturated rings. The molecule has 2 aliphatic heterocycles. The third-order valence-electron chi connectivity index (χ3n) is 3.64. The smallest absolute Gasteiger partial charge is 0.256 e. The molecule has 2 aliphatic rings. The van der Waals surface area contributed by atoms with Gasteiger partial charge in [-0.1, -0.05) is 18.2 Å². The molecule has 1 saturated heterocycles. The van der Waals surface area contributed by atoms with Gasteiger partial charge >= 0.3 is 0 Å². The lowest BCUT2D eigenvalue weighted by atomic mass is 9.81. The van der Waals surface area contributed by atoms with Gasteiger partial charge in [-0.25, -0.2) is 0 Å². The summed E-state index contributed by atoms with van der Waals surface area (Å²) >= 11 is 1.32. The molecule has 1 aromatic rings. The second kappa shape index (κ2) is 3.99. The third kappa shape index (κ3) is 1.28. The van der Waals surface area contributed by atoms with Gasteiger partial charge in [-0.2, -0.15) is 21.0 Å². The van der Waals surface area contributed by atoms with E-state index in [-0.39, 0.29) is 0 Å². The first kappa shape index (κ1) is 12.5. The summed E-state index contributed by atoms with van der Waals surface area (Å²) in [6.45, 7) is 0. The maximum atomic E-state index is 9.39. The van der Waals surface area contributed by atoms with Crippen molar-refractivity contribution in [1.82, 2.24) is 0 Å². The Morgan fingerprint density at radius 3 is 2.15 bits per heavy atom. The minimum atomic E-state index is -1.80. The van der Waals surface area contributed by atoms with Gasteiger partial charge in [0, 0.05) is 4.90 Å². The number of nitrogens with zero attached hydrogens (tertiary/aromatic N) is 4. The van der Waals surface area contributed by atoms with Crippen LogP contribution in [0.3, 0.4) is 0 Å². The molecule has 5 nitrogen and oxygen atoms in total. The molecule has 0 spiro atoms. The first-order valence-corrected chi connectivity index (χ1v) is 6.65. The number of nitriles is 4. The Hall–Kier alpha value is -2.51. The predicted molar refractivity (Wildman–Crippen MR) is 67.8 cm³/mol. The first-order valence-electron chi connectivity index (χ1n) is 5.77. The Kier molecular flexibility index (Phi) is 2.50. The van der Waals surface area contributed by atoms with Crippen LogP contribution >= 0.6 is 11.8 Å². The Bertz CT molecular complexity index is 733. The van der Waals surface area contributed by atoms with Gasteiger partial charge in [-0.3, -0.25) is 0 Å². The molecule has 0 aliphatic carbocycles. The van der Waals surface area contributed by atoms with Crippen molar-refractivity contribution >= 4 is 11.8 Å². The Labute approximate surface area is 119 Å². The van der Waals surface area contributed by atoms with Crippen LogP contribution in [0.4, 0.5) is 0 Å². The Balaban J connectivity index is 2.27. The third-order valence-corrected chi connectivity index (χ3v) is 5.12. The molecule has 20 heavy (non-hydrogen) atoms. The molecule has 2 atom stereocenters. The fraction of sp³-hybridized carbons (Fsp3) is 0.286. The van der Waals surface area contributed by atoms with Crippen LogP contribution in [0.15, 0.2) is 29.2 Å². The Morgan fingerprint density at radius 1 is 0.950 bits per heavy atom. The SMILES string of the molecule is N#CC1(C#N)OC(C#N)(C#N)[C@@H]2c3ccccc3S[C@H]21. The lowest BCUT2D eigenvalue weighted by molar-refractivity contribution is 0.0178. The van der Waals surface area contributed by atoms with Gasteiger partial charge in [0.05, 0.1) is 11.2 Å². The van der Waals surface area contributed by atoms with Gasteiger partial charge in [-0.05, 0) is 11.6 Å². The molecule has 0 radical (unpaired) electrons. The quantitative estimate of drug-likeness (QED) is 0.717. The van der Waals surface area contributed by atoms with E-state index in [1.54, 1.807) is 6.07 Å². The number of fused-ring (bicyclic) bond motifs is 3. The fourth-order valence-electron chi connectivity index (χ4n) is 2.75. The molecule has 1 aromatic carbocycles. The summed E-state index contributed by atoms with van der Waals surface area (Å²) < 4.78 is 5.39. The first-order chi connectivity index (χ1) is 9.66. The number of ether oxygens (including phenoxy) is 1. The molecular formula is C14H6N4OS. The van der Waals surface area contributed by atoms with Crippen molar-refractivity contribution in [2.45, 2.75) is 27.3 Å². The van der Waals surface area contributed by atoms with Crippen molar-refractivity contribution in [3.8, 4) is 24.3 Å². The monoisotopic (exact) mass is 278 g/mol. The molecule has 2 heterocycles. The second-order valence-electron chi connectivity index (χ2n) is 4.57. The molecular weight excluding hydrogens is 272 g/mol. The zero-order chi connectivity index (χ0) is 14.4. The number of hydrogen-bond donors (Lipinski definition) is 0. The summed E-state index contributed by atoms with van der Waals surface area (Å²) in [5, 5.41) is 36.9. The molecule has 94 valence electrons. The second-order valence-corrected chi connectivity index (χ2v) is 5.76. The highest BCUT2D eigenvalue weighted by atomic mass is 32.2. The maximum absolute atomic E-state index is 9.39. The molecule has 3 rings (SSSR count). The van der Waals surface area contributed by atoms with Crippen molar-refractivity contribution in [3.05, 3.63) is 29.8 Å². The van der Waals surface area contributed by atoms with E-state index in [1.807, 2.05) is 42.5 Å². The molecule has 0 unspecified atom stereocenters. The molecule has 6 heteroatoms. The highest BCUT2D eigenvalue weighted by molar-refractivity contribution is 8.00. The van der Waals surface area contributed by atoms with Crippen molar-refractivity contribution in [1.29, 1.82) is 21.0 Å². The highest BCUT2D eigenvalue weighted by Crippen LogP contribution is 2.60. The van der Waals surface area contributed by atoms with E-state index in [9.17, 15) is 21.0 Å². The van der Waals surface area contributed by atoms with Gasteiger partial charge < -0.3 is 4.74 Å². The van der Waals surface area contributed by atoms with Crippen molar-refractivity contribution < 1.29 is 4.74 Å². The summed E-state index contributed by atoms with van der Waals surface area (Å²) in [4.78, 5) is 0.885. The van der Waals surface area contributed by atoms with E-state index in [4.69, 9.17) is 4.74 Å². The van der Waals surface area contributed by atoms with Crippen LogP contribution < -0.4 is 0 Å². The van der Waals surface area contributed by atoms with E-state index in [0.717, 1.165) is 10.5 Å². The summed E-state index contributed by atoms with van der Waals surface area (Å²) in [7, 11) is 0. The average Bonchev–Trinajstić information content (AvgIpc) is 3.02. The van der Waals surface area contributed by atoms with E-state index >= 15 is 0 Å². The lowest BCUT2D eigenvalue weighted by Gasteiger charge is -2.19. The largest absolute Gasteiger partial charge is 0.311 e. The zero-order valence-electron chi connectivity index (χ0n) is 10.1. The number of thioether (sulfide) groups is 1.